The second-order valence-electron chi connectivity index (χ2n) is 4.77. The average Bonchev–Trinajstić information content (AvgIpc) is 2.76. The van der Waals surface area contributed by atoms with Crippen molar-refractivity contribution in [2.45, 2.75) is 37.7 Å². The van der Waals surface area contributed by atoms with Crippen LogP contribution < -0.4 is 0 Å². The predicted octanol–water partition coefficient (Wildman–Crippen LogP) is 1.32. The van der Waals surface area contributed by atoms with E-state index in [1.165, 1.54) is 23.0 Å². The normalized spacial score (nSPS) is 17.1. The Balaban J connectivity index is 2.16. The van der Waals surface area contributed by atoms with Crippen LogP contribution in [0.2, 0.25) is 0 Å². The number of sulfonamides is 1. The van der Waals surface area contributed by atoms with Crippen molar-refractivity contribution in [2.24, 2.45) is 5.92 Å². The summed E-state index contributed by atoms with van der Waals surface area (Å²) < 4.78 is 26.3. The molecular formula is C12H20N2O3S. The maximum Gasteiger partial charge on any atom is 0.244 e. The number of aliphatic hydroxyl groups is 1. The second kappa shape index (κ2) is 5.42. The van der Waals surface area contributed by atoms with Crippen LogP contribution in [0.15, 0.2) is 17.2 Å². The molecule has 1 saturated carbocycles. The van der Waals surface area contributed by atoms with E-state index in [-0.39, 0.29) is 11.5 Å². The standard InChI is InChI=1S/C12H20N2O3S/c1-2-14(8-10-4-3-5-10)18(16,17)12-6-11(9-15)13-7-12/h6-7,10,13,15H,2-5,8-9H2,1H3. The fourth-order valence-electron chi connectivity index (χ4n) is 2.17. The largest absolute Gasteiger partial charge is 0.390 e. The molecule has 0 spiro atoms. The Bertz CT molecular complexity index is 491. The molecule has 0 aliphatic heterocycles. The third-order valence-corrected chi connectivity index (χ3v) is 5.48. The number of nitrogens with zero attached hydrogens (tertiary/aromatic N) is 1. The molecule has 1 heterocycles. The summed E-state index contributed by atoms with van der Waals surface area (Å²) in [6.45, 7) is 2.77. The highest BCUT2D eigenvalue weighted by Gasteiger charge is 2.28. The van der Waals surface area contributed by atoms with Gasteiger partial charge in [0.2, 0.25) is 10.0 Å². The molecule has 1 aromatic rings. The zero-order chi connectivity index (χ0) is 13.2. The predicted molar refractivity (Wildman–Crippen MR) is 68.5 cm³/mol. The molecule has 1 aliphatic rings. The number of aliphatic hydroxyl groups excluding tert-OH is 1. The summed E-state index contributed by atoms with van der Waals surface area (Å²) in [5.41, 5.74) is 0.522. The van der Waals surface area contributed by atoms with Gasteiger partial charge in [0, 0.05) is 25.0 Å². The molecule has 1 aromatic heterocycles. The Kier molecular flexibility index (Phi) is 4.09. The molecule has 6 heteroatoms. The fourth-order valence-corrected chi connectivity index (χ4v) is 3.71. The summed E-state index contributed by atoms with van der Waals surface area (Å²) in [7, 11) is -3.42. The van der Waals surface area contributed by atoms with Crippen LogP contribution in [0.25, 0.3) is 0 Å². The molecule has 0 aromatic carbocycles. The van der Waals surface area contributed by atoms with Crippen molar-refractivity contribution < 1.29 is 13.5 Å². The lowest BCUT2D eigenvalue weighted by atomic mass is 9.85. The highest BCUT2D eigenvalue weighted by atomic mass is 32.2. The minimum Gasteiger partial charge on any atom is -0.390 e. The quantitative estimate of drug-likeness (QED) is 0.820. The van der Waals surface area contributed by atoms with Crippen molar-refractivity contribution in [3.8, 4) is 0 Å². The van der Waals surface area contributed by atoms with E-state index < -0.39 is 10.0 Å². The average molecular weight is 272 g/mol. The molecule has 2 N–H and O–H groups in total. The summed E-state index contributed by atoms with van der Waals surface area (Å²) in [6.07, 6.45) is 4.91. The van der Waals surface area contributed by atoms with Crippen molar-refractivity contribution in [3.63, 3.8) is 0 Å². The molecule has 2 rings (SSSR count). The topological polar surface area (TPSA) is 73.4 Å². The molecule has 1 aliphatic carbocycles. The van der Waals surface area contributed by atoms with Gasteiger partial charge < -0.3 is 10.1 Å². The first-order valence-electron chi connectivity index (χ1n) is 6.36. The Morgan fingerprint density at radius 3 is 2.67 bits per heavy atom. The molecule has 1 fully saturated rings. The maximum absolute atomic E-state index is 12.4. The van der Waals surface area contributed by atoms with Crippen LogP contribution in [0.1, 0.15) is 31.9 Å². The maximum atomic E-state index is 12.4. The summed E-state index contributed by atoms with van der Waals surface area (Å²) in [5, 5.41) is 8.97. The van der Waals surface area contributed by atoms with Gasteiger partial charge in [-0.3, -0.25) is 0 Å². The van der Waals surface area contributed by atoms with E-state index in [1.54, 1.807) is 0 Å². The molecule has 0 amide bonds. The fraction of sp³-hybridized carbons (Fsp3) is 0.667. The number of aromatic nitrogens is 1. The Hall–Kier alpha value is -0.850. The highest BCUT2D eigenvalue weighted by molar-refractivity contribution is 7.89. The molecule has 5 nitrogen and oxygen atoms in total. The van der Waals surface area contributed by atoms with Gasteiger partial charge in [-0.15, -0.1) is 0 Å². The van der Waals surface area contributed by atoms with E-state index in [0.717, 1.165) is 12.8 Å². The molecule has 0 radical (unpaired) electrons. The summed E-state index contributed by atoms with van der Waals surface area (Å²) in [5.74, 6) is 0.510. The molecule has 102 valence electrons. The van der Waals surface area contributed by atoms with E-state index in [4.69, 9.17) is 5.11 Å². The number of hydrogen-bond donors (Lipinski definition) is 2. The molecule has 0 saturated heterocycles. The van der Waals surface area contributed by atoms with Crippen molar-refractivity contribution >= 4 is 10.0 Å². The molecule has 0 bridgehead atoms. The summed E-state index contributed by atoms with van der Waals surface area (Å²) in [6, 6.07) is 1.50. The summed E-state index contributed by atoms with van der Waals surface area (Å²) in [4.78, 5) is 3.01. The third-order valence-electron chi connectivity index (χ3n) is 3.56. The minimum absolute atomic E-state index is 0.176. The van der Waals surface area contributed by atoms with Crippen molar-refractivity contribution in [1.29, 1.82) is 0 Å². The van der Waals surface area contributed by atoms with Gasteiger partial charge in [-0.2, -0.15) is 4.31 Å². The summed E-state index contributed by atoms with van der Waals surface area (Å²) >= 11 is 0. The van der Waals surface area contributed by atoms with Gasteiger partial charge in [0.15, 0.2) is 0 Å². The molecule has 18 heavy (non-hydrogen) atoms. The number of aromatic amines is 1. The van der Waals surface area contributed by atoms with Crippen LogP contribution in [0.4, 0.5) is 0 Å². The zero-order valence-electron chi connectivity index (χ0n) is 10.6. The van der Waals surface area contributed by atoms with E-state index in [2.05, 4.69) is 4.98 Å². The van der Waals surface area contributed by atoms with Crippen LogP contribution in [-0.2, 0) is 16.6 Å². The smallest absolute Gasteiger partial charge is 0.244 e. The molecule has 0 atom stereocenters. The van der Waals surface area contributed by atoms with Crippen LogP contribution in [0, 0.1) is 5.92 Å². The van der Waals surface area contributed by atoms with E-state index in [1.807, 2.05) is 6.92 Å². The first-order valence-corrected chi connectivity index (χ1v) is 7.80. The van der Waals surface area contributed by atoms with E-state index >= 15 is 0 Å². The number of H-pyrrole nitrogens is 1. The number of rotatable bonds is 6. The molecular weight excluding hydrogens is 252 g/mol. The number of nitrogens with one attached hydrogen (secondary N) is 1. The zero-order valence-corrected chi connectivity index (χ0v) is 11.4. The van der Waals surface area contributed by atoms with E-state index in [0.29, 0.717) is 24.7 Å². The van der Waals surface area contributed by atoms with Crippen LogP contribution in [0.3, 0.4) is 0 Å². The third kappa shape index (κ3) is 2.60. The second-order valence-corrected chi connectivity index (χ2v) is 6.71. The van der Waals surface area contributed by atoms with Crippen molar-refractivity contribution in [1.82, 2.24) is 9.29 Å². The lowest BCUT2D eigenvalue weighted by molar-refractivity contribution is 0.250. The highest BCUT2D eigenvalue weighted by Crippen LogP contribution is 2.29. The number of hydrogen-bond acceptors (Lipinski definition) is 3. The first kappa shape index (κ1) is 13.6. The minimum atomic E-state index is -3.42. The van der Waals surface area contributed by atoms with Crippen LogP contribution in [0.5, 0.6) is 0 Å². The Morgan fingerprint density at radius 1 is 1.50 bits per heavy atom. The molecule has 0 unspecified atom stereocenters. The van der Waals surface area contributed by atoms with Crippen LogP contribution >= 0.6 is 0 Å². The van der Waals surface area contributed by atoms with Crippen molar-refractivity contribution in [2.75, 3.05) is 13.1 Å². The van der Waals surface area contributed by atoms with Crippen molar-refractivity contribution in [3.05, 3.63) is 18.0 Å². The van der Waals surface area contributed by atoms with Gasteiger partial charge >= 0.3 is 0 Å². The van der Waals surface area contributed by atoms with Gasteiger partial charge in [-0.05, 0) is 24.8 Å². The lowest BCUT2D eigenvalue weighted by Crippen LogP contribution is -2.37. The lowest BCUT2D eigenvalue weighted by Gasteiger charge is -2.30. The van der Waals surface area contributed by atoms with Gasteiger partial charge in [0.1, 0.15) is 0 Å². The SMILES string of the molecule is CCN(CC1CCC1)S(=O)(=O)c1c[nH]c(CO)c1. The van der Waals surface area contributed by atoms with Gasteiger partial charge in [0.25, 0.3) is 0 Å². The van der Waals surface area contributed by atoms with Crippen LogP contribution in [-0.4, -0.2) is 35.9 Å². The van der Waals surface area contributed by atoms with Gasteiger partial charge in [0.05, 0.1) is 11.5 Å². The first-order chi connectivity index (χ1) is 8.57. The Labute approximate surface area is 108 Å². The Morgan fingerprint density at radius 2 is 2.22 bits per heavy atom. The van der Waals surface area contributed by atoms with Gasteiger partial charge in [-0.25, -0.2) is 8.42 Å². The van der Waals surface area contributed by atoms with Gasteiger partial charge in [-0.1, -0.05) is 13.3 Å². The monoisotopic (exact) mass is 272 g/mol. The van der Waals surface area contributed by atoms with E-state index in [9.17, 15) is 8.42 Å².